The van der Waals surface area contributed by atoms with Crippen LogP contribution in [0.3, 0.4) is 0 Å². The maximum absolute atomic E-state index is 14.4. The Hall–Kier alpha value is -2.79. The summed E-state index contributed by atoms with van der Waals surface area (Å²) in [6.45, 7) is 2.99. The molecule has 1 saturated heterocycles. The molecule has 3 N–H and O–H groups in total. The van der Waals surface area contributed by atoms with Crippen LogP contribution in [-0.4, -0.2) is 105 Å². The number of methoxy groups -OCH3 is 3. The molecule has 0 radical (unpaired) electrons. The molecule has 5 saturated carbocycles. The van der Waals surface area contributed by atoms with E-state index in [0.29, 0.717) is 50.9 Å². The Morgan fingerprint density at radius 3 is 2.35 bits per heavy atom. The Labute approximate surface area is 300 Å². The van der Waals surface area contributed by atoms with Gasteiger partial charge in [0.15, 0.2) is 0 Å². The molecule has 12 atom stereocenters. The number of sulfonamides is 1. The van der Waals surface area contributed by atoms with Gasteiger partial charge in [0, 0.05) is 69.4 Å². The number of alkyl halides is 3. The number of hydrogen-bond acceptors (Lipinski definition) is 10. The molecule has 2 aromatic rings. The first-order valence-corrected chi connectivity index (χ1v) is 19.3. The van der Waals surface area contributed by atoms with Crippen LogP contribution in [0, 0.1) is 29.1 Å². The van der Waals surface area contributed by atoms with E-state index >= 15 is 0 Å². The molecule has 6 fully saturated rings. The summed E-state index contributed by atoms with van der Waals surface area (Å²) in [5.41, 5.74) is -6.06. The predicted octanol–water partition coefficient (Wildman–Crippen LogP) is 4.08. The third kappa shape index (κ3) is 4.53. The highest BCUT2D eigenvalue weighted by atomic mass is 32.2. The van der Waals surface area contributed by atoms with Gasteiger partial charge in [0.1, 0.15) is 16.8 Å². The molecule has 1 heterocycles. The minimum absolute atomic E-state index is 0.0566. The van der Waals surface area contributed by atoms with Crippen LogP contribution >= 0.6 is 0 Å². The number of hydrogen-bond donors (Lipinski definition) is 3. The van der Waals surface area contributed by atoms with Gasteiger partial charge in [-0.15, -0.1) is 0 Å². The summed E-state index contributed by atoms with van der Waals surface area (Å²) >= 11 is 0. The van der Waals surface area contributed by atoms with E-state index in [2.05, 4.69) is 9.62 Å². The third-order valence-corrected chi connectivity index (χ3v) is 15.4. The first-order chi connectivity index (χ1) is 24.6. The van der Waals surface area contributed by atoms with Crippen molar-refractivity contribution in [2.75, 3.05) is 39.1 Å². The fraction of sp³-hybridized carbons (Fsp3) is 0.649. The van der Waals surface area contributed by atoms with E-state index in [1.807, 2.05) is 6.92 Å². The summed E-state index contributed by atoms with van der Waals surface area (Å²) in [5, 5.41) is 25.9. The average Bonchev–Trinajstić information content (AvgIpc) is 3.54. The number of ether oxygens (including phenoxy) is 4. The zero-order valence-electron chi connectivity index (χ0n) is 29.4. The van der Waals surface area contributed by atoms with Crippen LogP contribution < -0.4 is 4.72 Å². The number of fused-ring (bicyclic) bond motifs is 2. The average molecular weight is 751 g/mol. The molecular formula is C37H45F3N2O9S. The number of carbonyl (C=O) groups is 1. The molecular weight excluding hydrogens is 705 g/mol. The summed E-state index contributed by atoms with van der Waals surface area (Å²) in [7, 11) is 0.470. The van der Waals surface area contributed by atoms with Gasteiger partial charge in [0.25, 0.3) is 10.0 Å². The van der Waals surface area contributed by atoms with E-state index in [-0.39, 0.29) is 47.8 Å². The number of esters is 1. The number of piperidine rings is 1. The predicted molar refractivity (Wildman–Crippen MR) is 180 cm³/mol. The number of carbonyl (C=O) groups excluding carboxylic acids is 1. The number of aliphatic hydroxyl groups is 2. The van der Waals surface area contributed by atoms with Crippen LogP contribution in [0.2, 0.25) is 0 Å². The summed E-state index contributed by atoms with van der Waals surface area (Å²) in [6.07, 6.45) is -3.72. The fourth-order valence-electron chi connectivity index (χ4n) is 12.4. The van der Waals surface area contributed by atoms with Crippen molar-refractivity contribution >= 4 is 21.7 Å². The zero-order chi connectivity index (χ0) is 37.2. The third-order valence-electron chi connectivity index (χ3n) is 14.1. The largest absolute Gasteiger partial charge is 0.454 e. The van der Waals surface area contributed by atoms with E-state index in [4.69, 9.17) is 18.9 Å². The van der Waals surface area contributed by atoms with Gasteiger partial charge in [0.05, 0.1) is 40.0 Å². The lowest BCUT2D eigenvalue weighted by Gasteiger charge is -2.70. The highest BCUT2D eigenvalue weighted by Crippen LogP contribution is 2.79. The molecule has 2 aromatic carbocycles. The van der Waals surface area contributed by atoms with Crippen LogP contribution in [0.5, 0.6) is 0 Å². The standard InChI is InChI=1S/C37H45F3N2O9S/c1-5-42-19-33(51-32(43)22-8-6-7-9-25(22)41-52(46,47)21-12-10-20(11-13-21)37(38,39)40)15-14-29(49-3)35-27(33)17-24(30(35)42)34(44)18-26(48-2)23-16-28(35)36(34,45)31(23)50-4/h6-13,23-24,26-31,41,44-45H,5,14-19H2,1-4H3/t23-,24+,26+,27-,28+,29+,30?,31+,33-,34+,35+,36+/m1/s1. The highest BCUT2D eigenvalue weighted by molar-refractivity contribution is 7.92. The molecule has 1 spiro atoms. The van der Waals surface area contributed by atoms with E-state index in [1.165, 1.54) is 12.1 Å². The SMILES string of the molecule is CCN1C[C@]2(OC(=O)c3ccccc3NS(=O)(=O)c3ccc(C(F)(F)F)cc3)CC[C@H](OC)[C@]34C1[C@H](C[C@H]23)[C@@]1(O)C[C@H](OC)[C@H]2C[C@@H]4[C@]1(O)[C@H]2OC. The number of halogens is 3. The lowest BCUT2D eigenvalue weighted by atomic mass is 9.44. The molecule has 1 aliphatic heterocycles. The number of anilines is 1. The second-order valence-corrected chi connectivity index (χ2v) is 17.3. The van der Waals surface area contributed by atoms with Gasteiger partial charge in [-0.25, -0.2) is 13.2 Å². The van der Waals surface area contributed by atoms with Crippen molar-refractivity contribution in [1.82, 2.24) is 4.90 Å². The molecule has 7 bridgehead atoms. The first kappa shape index (κ1) is 36.2. The fourth-order valence-corrected chi connectivity index (χ4v) is 13.5. The minimum Gasteiger partial charge on any atom is -0.454 e. The molecule has 1 unspecified atom stereocenters. The van der Waals surface area contributed by atoms with Gasteiger partial charge in [-0.3, -0.25) is 9.62 Å². The second-order valence-electron chi connectivity index (χ2n) is 15.6. The molecule has 6 aliphatic rings. The van der Waals surface area contributed by atoms with Crippen molar-refractivity contribution < 1.29 is 55.5 Å². The number of likely N-dealkylation sites (tertiary alicyclic amines) is 1. The maximum Gasteiger partial charge on any atom is 0.416 e. The zero-order valence-corrected chi connectivity index (χ0v) is 30.2. The van der Waals surface area contributed by atoms with Crippen molar-refractivity contribution in [2.24, 2.45) is 29.1 Å². The normalized spacial score (nSPS) is 41.9. The van der Waals surface area contributed by atoms with Gasteiger partial charge in [-0.05, 0) is 68.6 Å². The van der Waals surface area contributed by atoms with E-state index < -0.39 is 72.8 Å². The summed E-state index contributed by atoms with van der Waals surface area (Å²) in [4.78, 5) is 16.3. The van der Waals surface area contributed by atoms with E-state index in [0.717, 1.165) is 12.1 Å². The molecule has 0 amide bonds. The summed E-state index contributed by atoms with van der Waals surface area (Å²) in [5.74, 6) is -2.11. The molecule has 0 aromatic heterocycles. The molecule has 11 nitrogen and oxygen atoms in total. The highest BCUT2D eigenvalue weighted by Gasteiger charge is 2.89. The number of nitrogens with zero attached hydrogens (tertiary/aromatic N) is 1. The molecule has 8 rings (SSSR count). The van der Waals surface area contributed by atoms with Gasteiger partial charge < -0.3 is 29.2 Å². The van der Waals surface area contributed by atoms with Gasteiger partial charge in [0.2, 0.25) is 0 Å². The Balaban J connectivity index is 1.17. The number of nitrogens with one attached hydrogen (secondary N) is 1. The van der Waals surface area contributed by atoms with Crippen LogP contribution in [0.1, 0.15) is 54.9 Å². The smallest absolute Gasteiger partial charge is 0.416 e. The van der Waals surface area contributed by atoms with Gasteiger partial charge in [-0.2, -0.15) is 13.2 Å². The monoisotopic (exact) mass is 750 g/mol. The number of benzene rings is 2. The Bertz CT molecular complexity index is 1860. The Morgan fingerprint density at radius 2 is 1.71 bits per heavy atom. The van der Waals surface area contributed by atoms with Crippen LogP contribution in [0.4, 0.5) is 18.9 Å². The van der Waals surface area contributed by atoms with E-state index in [1.54, 1.807) is 33.5 Å². The molecule has 284 valence electrons. The van der Waals surface area contributed by atoms with Gasteiger partial charge in [-0.1, -0.05) is 19.1 Å². The first-order valence-electron chi connectivity index (χ1n) is 17.9. The molecule has 15 heteroatoms. The van der Waals surface area contributed by atoms with Crippen molar-refractivity contribution in [3.05, 3.63) is 59.7 Å². The second kappa shape index (κ2) is 11.9. The van der Waals surface area contributed by atoms with Crippen LogP contribution in [-0.2, 0) is 35.1 Å². The number of likely N-dealkylation sites (N-methyl/N-ethyl adjacent to an activating group) is 1. The molecule has 52 heavy (non-hydrogen) atoms. The Morgan fingerprint density at radius 1 is 1.00 bits per heavy atom. The number of rotatable bonds is 9. The molecule has 5 aliphatic carbocycles. The minimum atomic E-state index is -4.64. The van der Waals surface area contributed by atoms with Crippen molar-refractivity contribution in [2.45, 2.75) is 91.3 Å². The van der Waals surface area contributed by atoms with Gasteiger partial charge >= 0.3 is 12.1 Å². The lowest BCUT2D eigenvalue weighted by Crippen LogP contribution is -2.83. The quantitative estimate of drug-likeness (QED) is 0.321. The summed E-state index contributed by atoms with van der Waals surface area (Å²) < 4.78 is 93.6. The Kier molecular flexibility index (Phi) is 8.25. The maximum atomic E-state index is 14.4. The van der Waals surface area contributed by atoms with Crippen molar-refractivity contribution in [3.63, 3.8) is 0 Å². The van der Waals surface area contributed by atoms with Crippen LogP contribution in [0.25, 0.3) is 0 Å². The van der Waals surface area contributed by atoms with Crippen molar-refractivity contribution in [1.29, 1.82) is 0 Å². The van der Waals surface area contributed by atoms with Crippen molar-refractivity contribution in [3.8, 4) is 0 Å². The van der Waals surface area contributed by atoms with Crippen LogP contribution in [0.15, 0.2) is 53.4 Å². The lowest BCUT2D eigenvalue weighted by molar-refractivity contribution is -0.337. The number of para-hydroxylation sites is 1. The topological polar surface area (TPSA) is 144 Å². The van der Waals surface area contributed by atoms with E-state index in [9.17, 15) is 36.6 Å². The summed E-state index contributed by atoms with van der Waals surface area (Å²) in [6, 6.07) is 8.89.